The minimum Gasteiger partial charge on any atom is -0.465 e. The number of hydrogen-bond donors (Lipinski definition) is 4. The zero-order valence-electron chi connectivity index (χ0n) is 80.9. The number of rotatable bonds is 42. The standard InChI is InChI=1S/C97H112N4O43/c1-48(102)98-76-70(130-54(7)108)39-96(93(118)121-14,142-84(76)80(135-59(12)113)72(132-56(9)110)44-123-51(4)105)129-47-75-79(134-58(11)112)83(78(100-50(3)104)91(137-75)127-43-69(90(117)126-41-61-29-19-16-20-30-61)101-95(120)128-42-68-66-37-27-25-35-64(66)65-36-26-28-38-67(65)68)141-92-87(140-89(116)63-33-23-18-24-34-63)86(82(74(138-92)46-125-53(6)107)139-88(115)62-31-21-17-22-32-62)144-97(94(119)122-15)40-71(131-55(8)109)77(99-49(2)103)85(143-97)81(136-60(13)114)73(133-57(10)111)45-124-52(5)106/h16-38,68-87,91-92H,39-47H2,1-15H3,(H,98,102)(H,99,103)(H,100,104)(H,101,120)/t69-,70-,71-,72+,73+,74+,75+,76+,77+,78+,79-,80+,81+,82-,83+,84+,85+,86-,87+,91-,92-,96+,97-/m0/s1. The molecule has 23 atom stereocenters. The Hall–Kier alpha value is -14.5. The maximum atomic E-state index is 15.9. The van der Waals surface area contributed by atoms with Crippen LogP contribution < -0.4 is 21.3 Å². The zero-order chi connectivity index (χ0) is 105. The molecule has 778 valence electrons. The highest BCUT2D eigenvalue weighted by Crippen LogP contribution is 2.47. The quantitative estimate of drug-likeness (QED) is 0.0321. The molecule has 0 aromatic heterocycles. The van der Waals surface area contributed by atoms with Crippen molar-refractivity contribution in [2.75, 3.05) is 53.9 Å². The minimum atomic E-state index is -3.50. The van der Waals surface area contributed by atoms with Gasteiger partial charge in [0.1, 0.15) is 87.9 Å². The molecule has 0 unspecified atom stereocenters. The first-order valence-corrected chi connectivity index (χ1v) is 45.1. The molecule has 5 aromatic rings. The number of amides is 4. The monoisotopic (exact) mass is 2020 g/mol. The van der Waals surface area contributed by atoms with Gasteiger partial charge in [-0.3, -0.25) is 62.3 Å². The molecule has 4 N–H and O–H groups in total. The molecule has 4 amide bonds. The van der Waals surface area contributed by atoms with Crippen LogP contribution in [0.3, 0.4) is 0 Å². The van der Waals surface area contributed by atoms with Gasteiger partial charge in [-0.2, -0.15) is 0 Å². The van der Waals surface area contributed by atoms with Gasteiger partial charge in [0.05, 0.1) is 63.5 Å². The third-order valence-corrected chi connectivity index (χ3v) is 22.5. The lowest BCUT2D eigenvalue weighted by molar-refractivity contribution is -0.382. The lowest BCUT2D eigenvalue weighted by Crippen LogP contribution is -2.73. The van der Waals surface area contributed by atoms with Crippen molar-refractivity contribution in [3.63, 3.8) is 0 Å². The van der Waals surface area contributed by atoms with Gasteiger partial charge in [0.25, 0.3) is 11.6 Å². The maximum Gasteiger partial charge on any atom is 0.407 e. The van der Waals surface area contributed by atoms with E-state index in [4.69, 9.17) is 114 Å². The highest BCUT2D eigenvalue weighted by atomic mass is 16.8. The number of esters is 15. The van der Waals surface area contributed by atoms with Crippen LogP contribution in [-0.4, -0.2) is 307 Å². The normalized spacial score (nSPS) is 25.0. The van der Waals surface area contributed by atoms with Crippen LogP contribution in [0.2, 0.25) is 0 Å². The van der Waals surface area contributed by atoms with Gasteiger partial charge in [-0.05, 0) is 52.1 Å². The third kappa shape index (κ3) is 30.1. The molecule has 4 fully saturated rings. The van der Waals surface area contributed by atoms with Crippen LogP contribution in [0.25, 0.3) is 11.1 Å². The fraction of sp³-hybridized carbons (Fsp3) is 0.495. The van der Waals surface area contributed by atoms with Crippen molar-refractivity contribution in [3.8, 4) is 11.1 Å². The lowest BCUT2D eigenvalue weighted by atomic mass is 9.87. The summed E-state index contributed by atoms with van der Waals surface area (Å²) in [6.07, 6.45) is -43.2. The van der Waals surface area contributed by atoms with E-state index in [0.717, 1.165) is 126 Å². The Morgan fingerprint density at radius 1 is 0.382 bits per heavy atom. The summed E-state index contributed by atoms with van der Waals surface area (Å²) in [5.74, 6) is -29.2. The van der Waals surface area contributed by atoms with E-state index in [9.17, 15) is 67.1 Å². The van der Waals surface area contributed by atoms with Gasteiger partial charge in [0, 0.05) is 95.9 Å². The number of ether oxygens (including phenoxy) is 24. The summed E-state index contributed by atoms with van der Waals surface area (Å²) in [5.41, 5.74) is 2.98. The van der Waals surface area contributed by atoms with Crippen molar-refractivity contribution in [2.24, 2.45) is 0 Å². The molecule has 10 rings (SSSR count). The van der Waals surface area contributed by atoms with E-state index in [2.05, 4.69) is 21.3 Å². The fourth-order valence-corrected chi connectivity index (χ4v) is 16.9. The summed E-state index contributed by atoms with van der Waals surface area (Å²) < 4.78 is 148. The molecule has 5 aromatic carbocycles. The Balaban J connectivity index is 1.23. The number of methoxy groups -OCH3 is 2. The number of carbonyl (C=O) groups excluding carboxylic acids is 19. The second kappa shape index (κ2) is 51.5. The molecule has 4 aliphatic heterocycles. The van der Waals surface area contributed by atoms with Crippen molar-refractivity contribution < 1.29 is 205 Å². The SMILES string of the molecule is COC(=O)[C@@]1(OC[C@H]2O[C@H](OC[C@H](NC(=O)OCC3c4ccccc4-c4ccccc43)C(=O)OCc3ccccc3)[C@H](NC(C)=O)[C@@H](O[C@@H]3O[C@H](COC(C)=O)[C@H](OC(=O)c4ccccc4)[C@H](O[C@]4(C(=O)OC)C[C@H](OC(C)=O)[C@@H](NC(C)=O)[C@H]([C@H](OC(C)=O)[C@@H](COC(C)=O)OC(C)=O)O4)[C@H]3OC(=O)c3ccccc3)[C@H]2OC(C)=O)C[C@H](OC(C)=O)[C@@H](NC(C)=O)[C@H]([C@H](OC(C)=O)[C@@H](COC(C)=O)OC(C)=O)O1. The molecular weight excluding hydrogens is 1910 g/mol. The summed E-state index contributed by atoms with van der Waals surface area (Å²) in [4.78, 5) is 268. The molecule has 47 nitrogen and oxygen atoms in total. The average molecular weight is 2020 g/mol. The van der Waals surface area contributed by atoms with Gasteiger partial charge in [-0.1, -0.05) is 115 Å². The molecule has 0 saturated carbocycles. The lowest BCUT2D eigenvalue weighted by Gasteiger charge is -2.53. The molecule has 0 radical (unpaired) electrons. The summed E-state index contributed by atoms with van der Waals surface area (Å²) in [6.45, 7) is 5.17. The van der Waals surface area contributed by atoms with Gasteiger partial charge in [-0.25, -0.2) is 28.8 Å². The molecule has 47 heteroatoms. The topological polar surface area (TPSA) is 594 Å². The van der Waals surface area contributed by atoms with E-state index in [1.807, 2.05) is 36.4 Å². The molecule has 144 heavy (non-hydrogen) atoms. The number of carbonyl (C=O) groups is 19. The van der Waals surface area contributed by atoms with Crippen LogP contribution in [0.15, 0.2) is 140 Å². The largest absolute Gasteiger partial charge is 0.465 e. The second-order valence-electron chi connectivity index (χ2n) is 33.5. The van der Waals surface area contributed by atoms with E-state index in [1.54, 1.807) is 42.5 Å². The zero-order valence-corrected chi connectivity index (χ0v) is 80.9. The predicted octanol–water partition coefficient (Wildman–Crippen LogP) is 3.38. The van der Waals surface area contributed by atoms with E-state index >= 15 is 24.0 Å². The fourth-order valence-electron chi connectivity index (χ4n) is 16.9. The summed E-state index contributed by atoms with van der Waals surface area (Å²) in [5, 5.41) is 10.2. The maximum absolute atomic E-state index is 15.9. The van der Waals surface area contributed by atoms with Gasteiger partial charge < -0.3 is 135 Å². The van der Waals surface area contributed by atoms with Crippen LogP contribution in [-0.2, 0) is 197 Å². The van der Waals surface area contributed by atoms with Crippen LogP contribution in [0.4, 0.5) is 4.79 Å². The Kier molecular flexibility index (Phi) is 39.8. The van der Waals surface area contributed by atoms with Gasteiger partial charge in [0.15, 0.2) is 61.3 Å². The Morgan fingerprint density at radius 3 is 1.26 bits per heavy atom. The van der Waals surface area contributed by atoms with E-state index in [0.29, 0.717) is 5.56 Å². The molecule has 0 spiro atoms. The summed E-state index contributed by atoms with van der Waals surface area (Å²) >= 11 is 0. The first-order valence-electron chi connectivity index (χ1n) is 45.1. The van der Waals surface area contributed by atoms with Crippen molar-refractivity contribution in [1.29, 1.82) is 0 Å². The average Bonchev–Trinajstić information content (AvgIpc) is 1.09. The molecule has 0 bridgehead atoms. The summed E-state index contributed by atoms with van der Waals surface area (Å²) in [7, 11) is 1.56. The van der Waals surface area contributed by atoms with E-state index < -0.39 is 312 Å². The van der Waals surface area contributed by atoms with Crippen LogP contribution in [0.5, 0.6) is 0 Å². The summed E-state index contributed by atoms with van der Waals surface area (Å²) in [6, 6.07) is 28.1. The van der Waals surface area contributed by atoms with Crippen molar-refractivity contribution in [1.82, 2.24) is 21.3 Å². The Morgan fingerprint density at radius 2 is 0.799 bits per heavy atom. The Labute approximate surface area is 823 Å². The van der Waals surface area contributed by atoms with Crippen LogP contribution in [0.1, 0.15) is 146 Å². The minimum absolute atomic E-state index is 0.284. The van der Waals surface area contributed by atoms with Crippen LogP contribution >= 0.6 is 0 Å². The number of benzene rings is 5. The van der Waals surface area contributed by atoms with Crippen molar-refractivity contribution >= 4 is 113 Å². The second-order valence-corrected chi connectivity index (χ2v) is 33.5. The van der Waals surface area contributed by atoms with Crippen molar-refractivity contribution in [2.45, 2.75) is 255 Å². The predicted molar refractivity (Wildman–Crippen MR) is 479 cm³/mol. The molecule has 4 saturated heterocycles. The van der Waals surface area contributed by atoms with Crippen molar-refractivity contribution in [3.05, 3.63) is 167 Å². The molecule has 4 heterocycles. The molecule has 5 aliphatic rings. The smallest absolute Gasteiger partial charge is 0.407 e. The molecule has 1 aliphatic carbocycles. The van der Waals surface area contributed by atoms with Gasteiger partial charge in [0.2, 0.25) is 17.7 Å². The van der Waals surface area contributed by atoms with Gasteiger partial charge >= 0.3 is 95.6 Å². The Bertz CT molecular complexity index is 5410. The van der Waals surface area contributed by atoms with E-state index in [-0.39, 0.29) is 17.7 Å². The van der Waals surface area contributed by atoms with E-state index in [1.165, 1.54) is 60.7 Å². The molecular formula is C97H112N4O43. The number of alkyl carbamates (subject to hydrolysis) is 1. The number of nitrogens with one attached hydrogen (secondary N) is 4. The highest BCUT2D eigenvalue weighted by molar-refractivity contribution is 5.91. The number of hydrogen-bond acceptors (Lipinski definition) is 43. The third-order valence-electron chi connectivity index (χ3n) is 22.5. The first kappa shape index (κ1) is 111. The number of fused-ring (bicyclic) bond motifs is 3. The van der Waals surface area contributed by atoms with Gasteiger partial charge in [-0.15, -0.1) is 0 Å². The first-order chi connectivity index (χ1) is 68.4. The highest BCUT2D eigenvalue weighted by Gasteiger charge is 2.66. The van der Waals surface area contributed by atoms with Crippen LogP contribution in [0, 0.1) is 0 Å².